The molecule has 0 radical (unpaired) electrons. The van der Waals surface area contributed by atoms with Crippen molar-refractivity contribution >= 4 is 34.0 Å². The van der Waals surface area contributed by atoms with Gasteiger partial charge in [-0.3, -0.25) is 14.4 Å². The van der Waals surface area contributed by atoms with Gasteiger partial charge in [0.15, 0.2) is 0 Å². The zero-order chi connectivity index (χ0) is 24.5. The Balaban J connectivity index is 1.63. The van der Waals surface area contributed by atoms with Crippen LogP contribution in [-0.2, 0) is 0 Å². The highest BCUT2D eigenvalue weighted by molar-refractivity contribution is 6.30. The zero-order valence-electron chi connectivity index (χ0n) is 19.9. The summed E-state index contributed by atoms with van der Waals surface area (Å²) >= 11 is 6.12. The Morgan fingerprint density at radius 3 is 2.40 bits per heavy atom. The average Bonchev–Trinajstić information content (AvgIpc) is 3.32. The highest BCUT2D eigenvalue weighted by Crippen LogP contribution is 2.27. The van der Waals surface area contributed by atoms with E-state index < -0.39 is 0 Å². The van der Waals surface area contributed by atoms with Gasteiger partial charge in [0, 0.05) is 22.8 Å². The number of amidine groups is 1. The van der Waals surface area contributed by atoms with Gasteiger partial charge in [0.05, 0.1) is 36.8 Å². The Labute approximate surface area is 208 Å². The molecule has 5 rings (SSSR count). The summed E-state index contributed by atoms with van der Waals surface area (Å²) in [7, 11) is 5.66. The van der Waals surface area contributed by atoms with Crippen molar-refractivity contribution in [3.8, 4) is 22.8 Å². The summed E-state index contributed by atoms with van der Waals surface area (Å²) in [6.45, 7) is 2.43. The van der Waals surface area contributed by atoms with Gasteiger partial charge in [0.1, 0.15) is 17.4 Å². The van der Waals surface area contributed by atoms with Gasteiger partial charge in [-0.25, -0.2) is 4.98 Å². The molecule has 0 bridgehead atoms. The third-order valence-corrected chi connectivity index (χ3v) is 6.24. The lowest BCUT2D eigenvalue weighted by Gasteiger charge is -2.23. The largest absolute Gasteiger partial charge is 0.497 e. The third-order valence-electron chi connectivity index (χ3n) is 5.98. The lowest BCUT2D eigenvalue weighted by atomic mass is 10.1. The molecular weight excluding hydrogens is 462 g/mol. The maximum atomic E-state index is 13.7. The van der Waals surface area contributed by atoms with Gasteiger partial charge in [0.2, 0.25) is 0 Å². The second kappa shape index (κ2) is 9.52. The molecule has 35 heavy (non-hydrogen) atoms. The van der Waals surface area contributed by atoms with E-state index in [4.69, 9.17) is 21.3 Å². The predicted octanol–water partition coefficient (Wildman–Crippen LogP) is 4.49. The molecule has 0 amide bonds. The van der Waals surface area contributed by atoms with E-state index in [9.17, 15) is 4.79 Å². The van der Waals surface area contributed by atoms with Gasteiger partial charge < -0.3 is 14.5 Å². The van der Waals surface area contributed by atoms with Crippen molar-refractivity contribution in [2.45, 2.75) is 0 Å². The first kappa shape index (κ1) is 23.1. The van der Waals surface area contributed by atoms with E-state index in [1.807, 2.05) is 50.5 Å². The molecule has 0 spiro atoms. The van der Waals surface area contributed by atoms with E-state index >= 15 is 0 Å². The monoisotopic (exact) mass is 487 g/mol. The second-order valence-corrected chi connectivity index (χ2v) is 9.11. The van der Waals surface area contributed by atoms with E-state index in [0.717, 1.165) is 36.7 Å². The average molecular weight is 488 g/mol. The molecule has 2 heterocycles. The second-order valence-electron chi connectivity index (χ2n) is 8.67. The number of nitrogens with zero attached hydrogens (tertiary/aromatic N) is 5. The summed E-state index contributed by atoms with van der Waals surface area (Å²) in [6, 6.07) is 20.7. The smallest absolute Gasteiger partial charge is 0.266 e. The first-order valence-corrected chi connectivity index (χ1v) is 11.7. The molecule has 0 fully saturated rings. The van der Waals surface area contributed by atoms with Crippen LogP contribution < -0.4 is 15.2 Å². The molecule has 0 atom stereocenters. The van der Waals surface area contributed by atoms with Gasteiger partial charge in [-0.05, 0) is 80.8 Å². The fourth-order valence-electron chi connectivity index (χ4n) is 4.30. The van der Waals surface area contributed by atoms with E-state index in [1.54, 1.807) is 29.9 Å². The molecule has 0 unspecified atom stereocenters. The van der Waals surface area contributed by atoms with Crippen LogP contribution in [0.4, 0.5) is 5.69 Å². The molecule has 1 aliphatic heterocycles. The topological polar surface area (TPSA) is 63.0 Å². The van der Waals surface area contributed by atoms with Gasteiger partial charge in [0.25, 0.3) is 5.56 Å². The fourth-order valence-corrected chi connectivity index (χ4v) is 4.42. The Kier molecular flexibility index (Phi) is 6.28. The molecule has 0 aliphatic carbocycles. The molecule has 0 saturated carbocycles. The third kappa shape index (κ3) is 4.52. The van der Waals surface area contributed by atoms with Crippen LogP contribution in [0.2, 0.25) is 5.02 Å². The minimum Gasteiger partial charge on any atom is -0.497 e. The van der Waals surface area contributed by atoms with Crippen LogP contribution in [0.15, 0.2) is 76.5 Å². The van der Waals surface area contributed by atoms with E-state index in [2.05, 4.69) is 26.9 Å². The molecule has 8 heteroatoms. The fraction of sp³-hybridized carbons (Fsp3) is 0.222. The lowest BCUT2D eigenvalue weighted by molar-refractivity contribution is 0.415. The lowest BCUT2D eigenvalue weighted by Crippen LogP contribution is -2.35. The predicted molar refractivity (Wildman–Crippen MR) is 143 cm³/mol. The van der Waals surface area contributed by atoms with Crippen LogP contribution in [0.25, 0.3) is 28.0 Å². The number of aliphatic imine (C=N–C) groups is 1. The van der Waals surface area contributed by atoms with Crippen molar-refractivity contribution in [2.75, 3.05) is 45.7 Å². The van der Waals surface area contributed by atoms with Gasteiger partial charge in [-0.1, -0.05) is 11.6 Å². The molecule has 0 saturated heterocycles. The minimum atomic E-state index is -0.171. The van der Waals surface area contributed by atoms with Gasteiger partial charge in [-0.2, -0.15) is 0 Å². The van der Waals surface area contributed by atoms with Gasteiger partial charge >= 0.3 is 0 Å². The van der Waals surface area contributed by atoms with Crippen LogP contribution in [0.1, 0.15) is 0 Å². The maximum Gasteiger partial charge on any atom is 0.266 e. The summed E-state index contributed by atoms with van der Waals surface area (Å²) in [6.07, 6.45) is 0. The van der Waals surface area contributed by atoms with E-state index in [0.29, 0.717) is 33.2 Å². The number of ether oxygens (including phenoxy) is 1. The normalized spacial score (nSPS) is 13.5. The van der Waals surface area contributed by atoms with Crippen molar-refractivity contribution in [1.29, 1.82) is 0 Å². The number of aromatic nitrogens is 2. The molecule has 178 valence electrons. The number of likely N-dealkylation sites (N-methyl/N-ethyl adjacent to an activating group) is 1. The Hall–Kier alpha value is -3.68. The van der Waals surface area contributed by atoms with Crippen LogP contribution >= 0.6 is 11.6 Å². The molecule has 7 nitrogen and oxygen atoms in total. The highest BCUT2D eigenvalue weighted by Gasteiger charge is 2.20. The van der Waals surface area contributed by atoms with Crippen molar-refractivity contribution in [3.05, 3.63) is 82.1 Å². The summed E-state index contributed by atoms with van der Waals surface area (Å²) < 4.78 is 6.96. The molecule has 1 aromatic heterocycles. The zero-order valence-corrected chi connectivity index (χ0v) is 20.7. The van der Waals surface area contributed by atoms with Crippen molar-refractivity contribution < 1.29 is 4.74 Å². The summed E-state index contributed by atoms with van der Waals surface area (Å²) in [5.41, 5.74) is 3.03. The van der Waals surface area contributed by atoms with Crippen LogP contribution in [0, 0.1) is 0 Å². The number of rotatable bonds is 6. The molecular formula is C27H26ClN5O2. The molecule has 0 N–H and O–H groups in total. The number of fused-ring (bicyclic) bond motifs is 1. The minimum absolute atomic E-state index is 0.171. The van der Waals surface area contributed by atoms with Crippen molar-refractivity contribution in [2.24, 2.45) is 4.99 Å². The Morgan fingerprint density at radius 2 is 1.71 bits per heavy atom. The molecule has 4 aromatic rings. The first-order chi connectivity index (χ1) is 16.9. The number of anilines is 1. The van der Waals surface area contributed by atoms with Gasteiger partial charge in [-0.15, -0.1) is 0 Å². The molecule has 1 aliphatic rings. The number of halogens is 1. The number of hydrogen-bond acceptors (Lipinski definition) is 6. The van der Waals surface area contributed by atoms with Crippen molar-refractivity contribution in [1.82, 2.24) is 14.5 Å². The van der Waals surface area contributed by atoms with Crippen LogP contribution in [-0.4, -0.2) is 61.1 Å². The van der Waals surface area contributed by atoms with Crippen molar-refractivity contribution in [3.63, 3.8) is 0 Å². The SMILES string of the molecule is COc1ccc2nc(-c3ccc(N4CCN=C4CN(C)C)cc3)n(-c3ccc(Cl)cc3)c(=O)c2c1. The van der Waals surface area contributed by atoms with E-state index in [-0.39, 0.29) is 5.56 Å². The Bertz CT molecular complexity index is 1460. The standard InChI is InChI=1S/C27H26ClN5O2/c1-31(2)17-25-29-14-15-32(25)20-8-4-18(5-9-20)26-30-24-13-12-22(35-3)16-23(24)27(34)33(26)21-10-6-19(28)7-11-21/h4-13,16H,14-15,17H2,1-3H3. The van der Waals surface area contributed by atoms with E-state index in [1.165, 1.54) is 0 Å². The number of benzene rings is 3. The number of methoxy groups -OCH3 is 1. The van der Waals surface area contributed by atoms with Crippen LogP contribution in [0.5, 0.6) is 5.75 Å². The number of hydrogen-bond donors (Lipinski definition) is 0. The Morgan fingerprint density at radius 1 is 1.00 bits per heavy atom. The summed E-state index contributed by atoms with van der Waals surface area (Å²) in [5, 5.41) is 1.09. The first-order valence-electron chi connectivity index (χ1n) is 11.4. The van der Waals surface area contributed by atoms with Crippen LogP contribution in [0.3, 0.4) is 0 Å². The quantitative estimate of drug-likeness (QED) is 0.401. The maximum absolute atomic E-state index is 13.7. The highest BCUT2D eigenvalue weighted by atomic mass is 35.5. The summed E-state index contributed by atoms with van der Waals surface area (Å²) in [5.74, 6) is 2.22. The summed E-state index contributed by atoms with van der Waals surface area (Å²) in [4.78, 5) is 27.6. The molecule has 3 aromatic carbocycles.